The van der Waals surface area contributed by atoms with Crippen LogP contribution < -0.4 is 17.0 Å². The van der Waals surface area contributed by atoms with Crippen molar-refractivity contribution in [2.24, 2.45) is 0 Å². The van der Waals surface area contributed by atoms with Crippen molar-refractivity contribution in [3.05, 3.63) is 71.3 Å². The first-order chi connectivity index (χ1) is 10.6. The van der Waals surface area contributed by atoms with Gasteiger partial charge in [-0.05, 0) is 43.0 Å². The molecule has 0 fully saturated rings. The lowest BCUT2D eigenvalue weighted by molar-refractivity contribution is -0.875. The molecule has 2 rings (SSSR count). The van der Waals surface area contributed by atoms with E-state index in [1.165, 1.54) is 5.56 Å². The zero-order valence-electron chi connectivity index (χ0n) is 13.9. The number of quaternary nitrogens is 1. The van der Waals surface area contributed by atoms with Crippen LogP contribution in [0.4, 0.5) is 0 Å². The molecule has 0 aromatic heterocycles. The first-order valence-corrected chi connectivity index (χ1v) is 7.47. The highest BCUT2D eigenvalue weighted by molar-refractivity contribution is 5.36. The Morgan fingerprint density at radius 2 is 1.22 bits per heavy atom. The normalized spacial score (nSPS) is 9.70. The van der Waals surface area contributed by atoms with Crippen LogP contribution in [0.2, 0.25) is 0 Å². The number of halogens is 1. The third-order valence-electron chi connectivity index (χ3n) is 3.30. The molecular formula is C21H22BrN. The summed E-state index contributed by atoms with van der Waals surface area (Å²) >= 11 is 0. The summed E-state index contributed by atoms with van der Waals surface area (Å²) in [6.45, 7) is 3.66. The van der Waals surface area contributed by atoms with Crippen LogP contribution in [0.25, 0.3) is 0 Å². The van der Waals surface area contributed by atoms with Crippen LogP contribution in [-0.4, -0.2) is 31.7 Å². The molecule has 0 N–H and O–H groups in total. The fourth-order valence-electron chi connectivity index (χ4n) is 1.93. The molecule has 0 heterocycles. The Labute approximate surface area is 150 Å². The van der Waals surface area contributed by atoms with Gasteiger partial charge in [-0.15, -0.1) is 0 Å². The Balaban J connectivity index is 0.00000264. The maximum absolute atomic E-state index is 3.26. The summed E-state index contributed by atoms with van der Waals surface area (Å²) < 4.78 is 0.776. The van der Waals surface area contributed by atoms with Crippen molar-refractivity contribution in [3.63, 3.8) is 0 Å². The lowest BCUT2D eigenvalue weighted by Crippen LogP contribution is -3.00. The quantitative estimate of drug-likeness (QED) is 0.535. The van der Waals surface area contributed by atoms with E-state index < -0.39 is 0 Å². The van der Waals surface area contributed by atoms with Crippen molar-refractivity contribution < 1.29 is 21.5 Å². The zero-order valence-corrected chi connectivity index (χ0v) is 15.5. The molecule has 2 aromatic carbocycles. The van der Waals surface area contributed by atoms with E-state index in [1.807, 2.05) is 30.3 Å². The predicted octanol–water partition coefficient (Wildman–Crippen LogP) is 0.479. The minimum absolute atomic E-state index is 0. The molecule has 0 amide bonds. The number of benzene rings is 2. The average molecular weight is 368 g/mol. The summed E-state index contributed by atoms with van der Waals surface area (Å²) in [6.07, 6.45) is 0. The van der Waals surface area contributed by atoms with E-state index in [2.05, 4.69) is 69.0 Å². The molecule has 0 aliphatic carbocycles. The van der Waals surface area contributed by atoms with Crippen LogP contribution in [0.1, 0.15) is 16.7 Å². The van der Waals surface area contributed by atoms with Gasteiger partial charge in [-0.3, -0.25) is 0 Å². The number of rotatable bonds is 2. The van der Waals surface area contributed by atoms with E-state index in [-0.39, 0.29) is 17.0 Å². The van der Waals surface area contributed by atoms with Gasteiger partial charge in [0, 0.05) is 11.1 Å². The summed E-state index contributed by atoms with van der Waals surface area (Å²) in [5.74, 6) is 12.9. The lowest BCUT2D eigenvalue weighted by Gasteiger charge is -2.24. The van der Waals surface area contributed by atoms with E-state index in [1.54, 1.807) is 0 Å². The lowest BCUT2D eigenvalue weighted by atomic mass is 10.1. The first-order valence-electron chi connectivity index (χ1n) is 7.47. The van der Waals surface area contributed by atoms with Gasteiger partial charge in [0.2, 0.25) is 0 Å². The summed E-state index contributed by atoms with van der Waals surface area (Å²) in [6, 6.07) is 18.4. The zero-order chi connectivity index (χ0) is 15.8. The molecule has 23 heavy (non-hydrogen) atoms. The van der Waals surface area contributed by atoms with Crippen molar-refractivity contribution in [1.82, 2.24) is 0 Å². The second kappa shape index (κ2) is 9.21. The molecule has 2 heteroatoms. The smallest absolute Gasteiger partial charge is 0.141 e. The van der Waals surface area contributed by atoms with E-state index in [0.717, 1.165) is 28.7 Å². The van der Waals surface area contributed by atoms with Gasteiger partial charge in [-0.25, -0.2) is 0 Å². The Bertz CT molecular complexity index is 723. The van der Waals surface area contributed by atoms with Crippen LogP contribution in [0, 0.1) is 30.6 Å². The minimum Gasteiger partial charge on any atom is -1.00 e. The fourth-order valence-corrected chi connectivity index (χ4v) is 1.93. The van der Waals surface area contributed by atoms with Gasteiger partial charge in [-0.2, -0.15) is 0 Å². The number of aryl methyl sites for hydroxylation is 1. The molecule has 1 nitrogen and oxygen atoms in total. The second-order valence-electron chi connectivity index (χ2n) is 6.09. The van der Waals surface area contributed by atoms with E-state index in [4.69, 9.17) is 0 Å². The summed E-state index contributed by atoms with van der Waals surface area (Å²) in [7, 11) is 4.31. The highest BCUT2D eigenvalue weighted by atomic mass is 79.9. The van der Waals surface area contributed by atoms with Gasteiger partial charge >= 0.3 is 0 Å². The largest absolute Gasteiger partial charge is 1.00 e. The molecule has 118 valence electrons. The van der Waals surface area contributed by atoms with Gasteiger partial charge in [0.25, 0.3) is 0 Å². The molecule has 0 radical (unpaired) electrons. The monoisotopic (exact) mass is 367 g/mol. The molecular weight excluding hydrogens is 346 g/mol. The highest BCUT2D eigenvalue weighted by Crippen LogP contribution is 2.01. The van der Waals surface area contributed by atoms with Crippen LogP contribution in [0.3, 0.4) is 0 Å². The maximum Gasteiger partial charge on any atom is 0.141 e. The van der Waals surface area contributed by atoms with E-state index >= 15 is 0 Å². The Hall–Kier alpha value is -2.00. The summed E-state index contributed by atoms with van der Waals surface area (Å²) in [5, 5.41) is 0. The van der Waals surface area contributed by atoms with Crippen molar-refractivity contribution in [2.45, 2.75) is 6.92 Å². The van der Waals surface area contributed by atoms with Crippen molar-refractivity contribution >= 4 is 0 Å². The molecule has 0 unspecified atom stereocenters. The number of hydrogen-bond acceptors (Lipinski definition) is 0. The Kier molecular flexibility index (Phi) is 7.63. The first kappa shape index (κ1) is 19.0. The SMILES string of the molecule is Cc1ccc(C#CC[N+](C)(C)CC#Cc2ccccc2)cc1.[Br-]. The van der Waals surface area contributed by atoms with Crippen molar-refractivity contribution in [1.29, 1.82) is 0 Å². The van der Waals surface area contributed by atoms with E-state index in [9.17, 15) is 0 Å². The Morgan fingerprint density at radius 3 is 1.74 bits per heavy atom. The van der Waals surface area contributed by atoms with Gasteiger partial charge in [-0.1, -0.05) is 47.7 Å². The van der Waals surface area contributed by atoms with Crippen LogP contribution in [0.5, 0.6) is 0 Å². The second-order valence-corrected chi connectivity index (χ2v) is 6.09. The molecule has 0 saturated carbocycles. The topological polar surface area (TPSA) is 0 Å². The highest BCUT2D eigenvalue weighted by Gasteiger charge is 2.10. The minimum atomic E-state index is 0. The number of nitrogens with zero attached hydrogens (tertiary/aromatic N) is 1. The summed E-state index contributed by atoms with van der Waals surface area (Å²) in [4.78, 5) is 0. The number of hydrogen-bond donors (Lipinski definition) is 0. The molecule has 0 aliphatic rings. The molecule has 0 aliphatic heterocycles. The maximum atomic E-state index is 3.26. The van der Waals surface area contributed by atoms with Gasteiger partial charge < -0.3 is 21.5 Å². The van der Waals surface area contributed by atoms with E-state index in [0.29, 0.717) is 0 Å². The standard InChI is InChI=1S/C21H22N.BrH/c1-19-13-15-21(16-14-19)12-8-18-22(2,3)17-7-11-20-9-5-4-6-10-20;/h4-6,9-10,13-16H,17-18H2,1-3H3;1H/q+1;/p-1. The summed E-state index contributed by atoms with van der Waals surface area (Å²) in [5.41, 5.74) is 3.40. The van der Waals surface area contributed by atoms with Gasteiger partial charge in [0.15, 0.2) is 0 Å². The molecule has 0 atom stereocenters. The van der Waals surface area contributed by atoms with Crippen molar-refractivity contribution in [3.8, 4) is 23.7 Å². The molecule has 0 bridgehead atoms. The van der Waals surface area contributed by atoms with Crippen LogP contribution >= 0.6 is 0 Å². The van der Waals surface area contributed by atoms with Crippen LogP contribution in [-0.2, 0) is 0 Å². The van der Waals surface area contributed by atoms with Crippen LogP contribution in [0.15, 0.2) is 54.6 Å². The average Bonchev–Trinajstić information content (AvgIpc) is 2.50. The molecule has 0 saturated heterocycles. The van der Waals surface area contributed by atoms with Crippen molar-refractivity contribution in [2.75, 3.05) is 27.2 Å². The fraction of sp³-hybridized carbons (Fsp3) is 0.238. The third-order valence-corrected chi connectivity index (χ3v) is 3.30. The molecule has 0 spiro atoms. The Morgan fingerprint density at radius 1 is 0.739 bits per heavy atom. The van der Waals surface area contributed by atoms with Gasteiger partial charge in [0.05, 0.1) is 14.1 Å². The third kappa shape index (κ3) is 7.20. The molecule has 2 aromatic rings. The van der Waals surface area contributed by atoms with Gasteiger partial charge in [0.1, 0.15) is 13.1 Å². The predicted molar refractivity (Wildman–Crippen MR) is 93.2 cm³/mol.